The van der Waals surface area contributed by atoms with E-state index in [-0.39, 0.29) is 11.4 Å². The van der Waals surface area contributed by atoms with Crippen LogP contribution < -0.4 is 5.32 Å². The van der Waals surface area contributed by atoms with Gasteiger partial charge in [-0.05, 0) is 18.5 Å². The molecule has 6 heteroatoms. The molecule has 2 rings (SSSR count). The van der Waals surface area contributed by atoms with Crippen molar-refractivity contribution in [1.82, 2.24) is 19.9 Å². The molecule has 0 saturated carbocycles. The van der Waals surface area contributed by atoms with Gasteiger partial charge in [0.1, 0.15) is 24.3 Å². The first-order valence-electron chi connectivity index (χ1n) is 6.70. The maximum atomic E-state index is 9.21. The first-order chi connectivity index (χ1) is 10.2. The largest absolute Gasteiger partial charge is 0.312 e. The van der Waals surface area contributed by atoms with E-state index in [9.17, 15) is 5.26 Å². The molecular weight excluding hydrogens is 264 g/mol. The van der Waals surface area contributed by atoms with Crippen LogP contribution in [-0.2, 0) is 6.54 Å². The third kappa shape index (κ3) is 3.25. The second kappa shape index (κ2) is 6.65. The summed E-state index contributed by atoms with van der Waals surface area (Å²) in [6.45, 7) is 5.82. The lowest BCUT2D eigenvalue weighted by molar-refractivity contribution is 0.551. The van der Waals surface area contributed by atoms with Crippen molar-refractivity contribution in [2.45, 2.75) is 20.4 Å². The van der Waals surface area contributed by atoms with E-state index in [0.717, 1.165) is 12.1 Å². The number of nitrogens with zero attached hydrogens (tertiary/aromatic N) is 5. The van der Waals surface area contributed by atoms with Crippen LogP contribution >= 0.6 is 0 Å². The van der Waals surface area contributed by atoms with Crippen molar-refractivity contribution in [3.8, 4) is 18.0 Å². The molecule has 2 heterocycles. The lowest BCUT2D eigenvalue weighted by Gasteiger charge is -2.11. The fourth-order valence-electron chi connectivity index (χ4n) is 1.98. The number of nitriles is 2. The van der Waals surface area contributed by atoms with Crippen LogP contribution in [0.5, 0.6) is 0 Å². The number of nitrogens with one attached hydrogen (secondary N) is 1. The molecule has 0 aliphatic carbocycles. The Kier molecular flexibility index (Phi) is 4.65. The van der Waals surface area contributed by atoms with Crippen LogP contribution in [0.3, 0.4) is 0 Å². The third-order valence-electron chi connectivity index (χ3n) is 2.94. The van der Waals surface area contributed by atoms with Gasteiger partial charge in [0.05, 0.1) is 0 Å². The number of hydrogen-bond donors (Lipinski definition) is 1. The lowest BCUT2D eigenvalue weighted by Crippen LogP contribution is -2.20. The van der Waals surface area contributed by atoms with Crippen molar-refractivity contribution in [2.75, 3.05) is 6.54 Å². The minimum absolute atomic E-state index is 0.115. The molecule has 0 aromatic carbocycles. The fourth-order valence-corrected chi connectivity index (χ4v) is 1.98. The summed E-state index contributed by atoms with van der Waals surface area (Å²) in [5, 5.41) is 21.5. The van der Waals surface area contributed by atoms with Gasteiger partial charge in [0.25, 0.3) is 0 Å². The predicted molar refractivity (Wildman–Crippen MR) is 77.3 cm³/mol. The lowest BCUT2D eigenvalue weighted by atomic mass is 10.2. The number of pyridine rings is 1. The monoisotopic (exact) mass is 280 g/mol. The smallest absolute Gasteiger partial charge is 0.177 e. The van der Waals surface area contributed by atoms with Gasteiger partial charge in [0.15, 0.2) is 11.4 Å². The van der Waals surface area contributed by atoms with Gasteiger partial charge in [0.2, 0.25) is 0 Å². The number of hydrogen-bond acceptors (Lipinski definition) is 5. The highest BCUT2D eigenvalue weighted by atomic mass is 15.1. The molecule has 2 aromatic heterocycles. The molecule has 0 atom stereocenters. The number of rotatable bonds is 5. The SMILES string of the molecule is CC(C)CNCc1cccnc1-n1cnc(C#N)c1C#N. The van der Waals surface area contributed by atoms with Gasteiger partial charge < -0.3 is 5.32 Å². The van der Waals surface area contributed by atoms with E-state index < -0.39 is 0 Å². The molecule has 0 radical (unpaired) electrons. The first-order valence-corrected chi connectivity index (χ1v) is 6.70. The van der Waals surface area contributed by atoms with Crippen LogP contribution in [0.25, 0.3) is 5.82 Å². The van der Waals surface area contributed by atoms with Crippen molar-refractivity contribution < 1.29 is 0 Å². The summed E-state index contributed by atoms with van der Waals surface area (Å²) in [4.78, 5) is 8.28. The normalized spacial score (nSPS) is 10.3. The minimum atomic E-state index is 0.115. The molecule has 0 fully saturated rings. The third-order valence-corrected chi connectivity index (χ3v) is 2.94. The maximum Gasteiger partial charge on any atom is 0.177 e. The molecule has 106 valence electrons. The molecule has 6 nitrogen and oxygen atoms in total. The number of aromatic nitrogens is 3. The van der Waals surface area contributed by atoms with Crippen molar-refractivity contribution in [3.05, 3.63) is 41.6 Å². The zero-order chi connectivity index (χ0) is 15.2. The minimum Gasteiger partial charge on any atom is -0.312 e. The Labute approximate surface area is 123 Å². The summed E-state index contributed by atoms with van der Waals surface area (Å²) in [5.74, 6) is 1.18. The van der Waals surface area contributed by atoms with Gasteiger partial charge >= 0.3 is 0 Å². The fraction of sp³-hybridized carbons (Fsp3) is 0.333. The molecule has 0 unspecified atom stereocenters. The van der Waals surface area contributed by atoms with Crippen molar-refractivity contribution in [2.24, 2.45) is 5.92 Å². The highest BCUT2D eigenvalue weighted by Gasteiger charge is 2.14. The molecule has 0 spiro atoms. The summed E-state index contributed by atoms with van der Waals surface area (Å²) in [6, 6.07) is 7.73. The van der Waals surface area contributed by atoms with Crippen LogP contribution in [0.2, 0.25) is 0 Å². The van der Waals surface area contributed by atoms with E-state index >= 15 is 0 Å². The summed E-state index contributed by atoms with van der Waals surface area (Å²) in [7, 11) is 0. The van der Waals surface area contributed by atoms with Gasteiger partial charge in [-0.15, -0.1) is 0 Å². The summed E-state index contributed by atoms with van der Waals surface area (Å²) < 4.78 is 1.56. The van der Waals surface area contributed by atoms with Crippen LogP contribution in [0.1, 0.15) is 30.8 Å². The Morgan fingerprint density at radius 2 is 2.10 bits per heavy atom. The topological polar surface area (TPSA) is 90.3 Å². The average Bonchev–Trinajstić information content (AvgIpc) is 2.90. The average molecular weight is 280 g/mol. The highest BCUT2D eigenvalue weighted by molar-refractivity contribution is 5.44. The van der Waals surface area contributed by atoms with E-state index in [4.69, 9.17) is 5.26 Å². The van der Waals surface area contributed by atoms with Gasteiger partial charge in [0, 0.05) is 18.3 Å². The summed E-state index contributed by atoms with van der Waals surface area (Å²) in [6.07, 6.45) is 3.12. The first kappa shape index (κ1) is 14.7. The van der Waals surface area contributed by atoms with Gasteiger partial charge in [-0.25, -0.2) is 9.97 Å². The molecule has 0 saturated heterocycles. The van der Waals surface area contributed by atoms with Gasteiger partial charge in [-0.3, -0.25) is 4.57 Å². The maximum absolute atomic E-state index is 9.21. The van der Waals surface area contributed by atoms with E-state index in [1.165, 1.54) is 6.33 Å². The highest BCUT2D eigenvalue weighted by Crippen LogP contribution is 2.16. The van der Waals surface area contributed by atoms with E-state index in [2.05, 4.69) is 29.1 Å². The molecule has 21 heavy (non-hydrogen) atoms. The molecular formula is C15H16N6. The van der Waals surface area contributed by atoms with Crippen LogP contribution in [-0.4, -0.2) is 21.1 Å². The summed E-state index contributed by atoms with van der Waals surface area (Å²) in [5.41, 5.74) is 1.28. The molecule has 1 N–H and O–H groups in total. The molecule has 0 aliphatic heterocycles. The van der Waals surface area contributed by atoms with Crippen LogP contribution in [0.4, 0.5) is 0 Å². The van der Waals surface area contributed by atoms with Crippen LogP contribution in [0, 0.1) is 28.6 Å². The quantitative estimate of drug-likeness (QED) is 0.901. The Balaban J connectivity index is 2.35. The molecule has 0 aliphatic rings. The second-order valence-electron chi connectivity index (χ2n) is 5.05. The number of imidazole rings is 1. The zero-order valence-corrected chi connectivity index (χ0v) is 12.0. The Morgan fingerprint density at radius 3 is 2.76 bits per heavy atom. The predicted octanol–water partition coefficient (Wildman–Crippen LogP) is 1.76. The van der Waals surface area contributed by atoms with E-state index in [1.807, 2.05) is 24.3 Å². The van der Waals surface area contributed by atoms with E-state index in [0.29, 0.717) is 18.3 Å². The molecule has 0 bridgehead atoms. The van der Waals surface area contributed by atoms with Gasteiger partial charge in [-0.2, -0.15) is 10.5 Å². The van der Waals surface area contributed by atoms with Gasteiger partial charge in [-0.1, -0.05) is 19.9 Å². The molecule has 2 aromatic rings. The Hall–Kier alpha value is -2.70. The van der Waals surface area contributed by atoms with Crippen LogP contribution in [0.15, 0.2) is 24.7 Å². The Morgan fingerprint density at radius 1 is 1.29 bits per heavy atom. The van der Waals surface area contributed by atoms with Crippen molar-refractivity contribution in [1.29, 1.82) is 10.5 Å². The second-order valence-corrected chi connectivity index (χ2v) is 5.05. The van der Waals surface area contributed by atoms with Crippen molar-refractivity contribution >= 4 is 0 Å². The van der Waals surface area contributed by atoms with Crippen molar-refractivity contribution in [3.63, 3.8) is 0 Å². The summed E-state index contributed by atoms with van der Waals surface area (Å²) >= 11 is 0. The zero-order valence-electron chi connectivity index (χ0n) is 12.0. The van der Waals surface area contributed by atoms with E-state index in [1.54, 1.807) is 10.8 Å². The molecule has 0 amide bonds. The standard InChI is InChI=1S/C15H16N6/c1-11(2)8-18-9-12-4-3-5-19-15(12)21-10-20-13(6-16)14(21)7-17/h3-5,10-11,18H,8-9H2,1-2H3. The Bertz CT molecular complexity index is 702.